The number of carbonyl (C=O) groups is 1. The van der Waals surface area contributed by atoms with Gasteiger partial charge in [0.05, 0.1) is 6.04 Å². The Balaban J connectivity index is 1.63. The van der Waals surface area contributed by atoms with Gasteiger partial charge in [0.2, 0.25) is 5.91 Å². The number of hydrogen-bond donors (Lipinski definition) is 2. The smallest absolute Gasteiger partial charge is 0.236 e. The molecule has 0 saturated carbocycles. The molecule has 0 spiro atoms. The summed E-state index contributed by atoms with van der Waals surface area (Å²) >= 11 is 12.1. The normalized spacial score (nSPS) is 23.0. The average Bonchev–Trinajstić information content (AvgIpc) is 2.76. The van der Waals surface area contributed by atoms with Crippen LogP contribution in [0.4, 0.5) is 11.4 Å². The van der Waals surface area contributed by atoms with Gasteiger partial charge >= 0.3 is 0 Å². The first kappa shape index (κ1) is 22.7. The number of amides is 1. The lowest BCUT2D eigenvalue weighted by Gasteiger charge is -2.56. The maximum Gasteiger partial charge on any atom is 0.236 e. The number of hydrogen-bond acceptors (Lipinski definition) is 3. The molecule has 34 heavy (non-hydrogen) atoms. The monoisotopic (exact) mass is 491 g/mol. The summed E-state index contributed by atoms with van der Waals surface area (Å²) < 4.78 is 6.64. The molecule has 2 bridgehead atoms. The van der Waals surface area contributed by atoms with Crippen molar-refractivity contribution in [1.82, 2.24) is 5.32 Å². The molecule has 2 N–H and O–H groups in total. The topological polar surface area (TPSA) is 53.6 Å². The molecule has 174 valence electrons. The molecule has 2 aliphatic heterocycles. The van der Waals surface area contributed by atoms with Crippen molar-refractivity contribution in [2.24, 2.45) is 5.92 Å². The van der Waals surface area contributed by atoms with Gasteiger partial charge in [-0.05, 0) is 75.8 Å². The third-order valence-corrected chi connectivity index (χ3v) is 7.18. The van der Waals surface area contributed by atoms with Gasteiger partial charge in [0.1, 0.15) is 11.7 Å². The summed E-state index contributed by atoms with van der Waals surface area (Å²) in [7, 11) is 0. The van der Waals surface area contributed by atoms with E-state index in [4.69, 9.17) is 28.6 Å². The summed E-state index contributed by atoms with van der Waals surface area (Å²) in [6.07, 6.45) is 0. The van der Waals surface area contributed by atoms with E-state index in [1.807, 2.05) is 75.1 Å². The fourth-order valence-corrected chi connectivity index (χ4v) is 5.67. The maximum absolute atomic E-state index is 13.9. The first-order valence-electron chi connectivity index (χ1n) is 11.2. The Bertz CT molecular complexity index is 1330. The number of carbonyl (C=O) groups excluding carboxylic acids is 1. The van der Waals surface area contributed by atoms with Crippen LogP contribution in [0.15, 0.2) is 60.7 Å². The van der Waals surface area contributed by atoms with E-state index in [-0.39, 0.29) is 11.9 Å². The lowest BCUT2D eigenvalue weighted by atomic mass is 9.78. The Morgan fingerprint density at radius 3 is 2.56 bits per heavy atom. The molecule has 0 aliphatic carbocycles. The molecule has 2 aliphatic rings. The minimum atomic E-state index is -1.08. The van der Waals surface area contributed by atoms with Crippen LogP contribution < -0.4 is 20.3 Å². The van der Waals surface area contributed by atoms with Gasteiger partial charge in [0.15, 0.2) is 10.8 Å². The zero-order chi connectivity index (χ0) is 24.2. The average molecular weight is 492 g/mol. The van der Waals surface area contributed by atoms with Crippen molar-refractivity contribution < 1.29 is 9.53 Å². The number of ether oxygens (including phenoxy) is 1. The number of benzene rings is 3. The number of nitrogens with zero attached hydrogens (tertiary/aromatic N) is 1. The van der Waals surface area contributed by atoms with E-state index in [9.17, 15) is 4.79 Å². The summed E-state index contributed by atoms with van der Waals surface area (Å²) in [5.74, 6) is -0.0162. The van der Waals surface area contributed by atoms with Gasteiger partial charge in [-0.25, -0.2) is 0 Å². The van der Waals surface area contributed by atoms with Crippen LogP contribution >= 0.6 is 23.8 Å². The van der Waals surface area contributed by atoms with Gasteiger partial charge in [0.25, 0.3) is 0 Å². The minimum Gasteiger partial charge on any atom is -0.467 e. The standard InChI is InChI=1S/C27H26ClN3O2S/c1-15-8-10-21(17(3)12-15)29-25(32)23-24-20-13-16(2)9-11-22(20)33-27(23,4)31(26(34)30-24)19-7-5-6-18(28)14-19/h5-14,23-24H,1-4H3,(H,29,32)(H,30,34)/t23-,24+,27+/m1/s1. The second kappa shape index (κ2) is 8.29. The van der Waals surface area contributed by atoms with Crippen LogP contribution in [0.2, 0.25) is 5.02 Å². The van der Waals surface area contributed by atoms with Crippen LogP contribution in [0.25, 0.3) is 0 Å². The van der Waals surface area contributed by atoms with Crippen molar-refractivity contribution >= 4 is 46.2 Å². The second-order valence-electron chi connectivity index (χ2n) is 9.23. The van der Waals surface area contributed by atoms with Gasteiger partial charge in [0, 0.05) is 22.0 Å². The molecular formula is C27H26ClN3O2S. The number of anilines is 2. The molecule has 3 aromatic rings. The molecule has 0 unspecified atom stereocenters. The molecule has 1 amide bonds. The molecule has 0 radical (unpaired) electrons. The van der Waals surface area contributed by atoms with Gasteiger partial charge in [-0.3, -0.25) is 9.69 Å². The number of nitrogens with one attached hydrogen (secondary N) is 2. The fourth-order valence-electron chi connectivity index (χ4n) is 5.07. The molecule has 5 nitrogen and oxygen atoms in total. The highest BCUT2D eigenvalue weighted by Crippen LogP contribution is 2.50. The first-order chi connectivity index (χ1) is 16.2. The summed E-state index contributed by atoms with van der Waals surface area (Å²) in [6, 6.07) is 19.1. The van der Waals surface area contributed by atoms with Gasteiger partial charge in [-0.2, -0.15) is 0 Å². The van der Waals surface area contributed by atoms with Crippen LogP contribution in [-0.2, 0) is 4.79 Å². The molecule has 5 rings (SSSR count). The molecule has 3 aromatic carbocycles. The highest BCUT2D eigenvalue weighted by atomic mass is 35.5. The van der Waals surface area contributed by atoms with Crippen molar-refractivity contribution in [1.29, 1.82) is 0 Å². The Labute approximate surface area is 210 Å². The van der Waals surface area contributed by atoms with Crippen molar-refractivity contribution in [2.75, 3.05) is 10.2 Å². The van der Waals surface area contributed by atoms with Crippen molar-refractivity contribution in [3.05, 3.63) is 87.9 Å². The fraction of sp³-hybridized carbons (Fsp3) is 0.259. The predicted molar refractivity (Wildman–Crippen MR) is 141 cm³/mol. The van der Waals surface area contributed by atoms with Crippen LogP contribution in [0.1, 0.15) is 35.2 Å². The molecule has 2 heterocycles. The molecule has 3 atom stereocenters. The van der Waals surface area contributed by atoms with E-state index in [0.29, 0.717) is 10.1 Å². The maximum atomic E-state index is 13.9. The summed E-state index contributed by atoms with van der Waals surface area (Å²) in [5.41, 5.74) is 4.62. The molecule has 7 heteroatoms. The van der Waals surface area contributed by atoms with E-state index in [1.54, 1.807) is 6.07 Å². The molecule has 1 saturated heterocycles. The van der Waals surface area contributed by atoms with E-state index in [1.165, 1.54) is 0 Å². The number of halogens is 1. The van der Waals surface area contributed by atoms with Crippen LogP contribution in [0, 0.1) is 26.7 Å². The number of rotatable bonds is 3. The Morgan fingerprint density at radius 1 is 1.09 bits per heavy atom. The lowest BCUT2D eigenvalue weighted by Crippen LogP contribution is -2.72. The third-order valence-electron chi connectivity index (χ3n) is 6.64. The van der Waals surface area contributed by atoms with Crippen LogP contribution in [-0.4, -0.2) is 16.7 Å². The third kappa shape index (κ3) is 3.71. The van der Waals surface area contributed by atoms with Gasteiger partial charge < -0.3 is 15.4 Å². The largest absolute Gasteiger partial charge is 0.467 e. The summed E-state index contributed by atoms with van der Waals surface area (Å²) in [6.45, 7) is 7.97. The van der Waals surface area contributed by atoms with E-state index >= 15 is 0 Å². The summed E-state index contributed by atoms with van der Waals surface area (Å²) in [4.78, 5) is 15.8. The Kier molecular flexibility index (Phi) is 5.53. The number of fused-ring (bicyclic) bond motifs is 4. The van der Waals surface area contributed by atoms with Gasteiger partial charge in [-0.15, -0.1) is 0 Å². The second-order valence-corrected chi connectivity index (χ2v) is 10.0. The Hall–Kier alpha value is -3.09. The summed E-state index contributed by atoms with van der Waals surface area (Å²) in [5, 5.41) is 7.65. The van der Waals surface area contributed by atoms with E-state index in [2.05, 4.69) is 22.8 Å². The number of aryl methyl sites for hydroxylation is 3. The minimum absolute atomic E-state index is 0.145. The lowest BCUT2D eigenvalue weighted by molar-refractivity contribution is -0.130. The zero-order valence-corrected chi connectivity index (χ0v) is 21.1. The van der Waals surface area contributed by atoms with E-state index in [0.717, 1.165) is 39.4 Å². The molecule has 0 aromatic heterocycles. The highest BCUT2D eigenvalue weighted by Gasteiger charge is 2.59. The van der Waals surface area contributed by atoms with E-state index < -0.39 is 11.6 Å². The Morgan fingerprint density at radius 2 is 1.82 bits per heavy atom. The van der Waals surface area contributed by atoms with Crippen molar-refractivity contribution in [3.63, 3.8) is 0 Å². The highest BCUT2D eigenvalue weighted by molar-refractivity contribution is 7.80. The first-order valence-corrected chi connectivity index (χ1v) is 12.0. The van der Waals surface area contributed by atoms with Gasteiger partial charge in [-0.1, -0.05) is 53.1 Å². The van der Waals surface area contributed by atoms with Crippen molar-refractivity contribution in [3.8, 4) is 5.75 Å². The van der Waals surface area contributed by atoms with Crippen LogP contribution in [0.5, 0.6) is 5.75 Å². The quantitative estimate of drug-likeness (QED) is 0.436. The van der Waals surface area contributed by atoms with Crippen LogP contribution in [0.3, 0.4) is 0 Å². The SMILES string of the molecule is Cc1ccc(NC(=O)[C@H]2[C@H]3NC(=S)N(c4cccc(Cl)c4)[C@@]2(C)Oc2ccc(C)cc23)c(C)c1. The molecular weight excluding hydrogens is 466 g/mol. The molecule has 1 fully saturated rings. The predicted octanol–water partition coefficient (Wildman–Crippen LogP) is 6.06. The number of thiocarbonyl (C=S) groups is 1. The van der Waals surface area contributed by atoms with Crippen molar-refractivity contribution in [2.45, 2.75) is 39.5 Å². The zero-order valence-electron chi connectivity index (χ0n) is 19.5.